The van der Waals surface area contributed by atoms with Crippen LogP contribution < -0.4 is 10.6 Å². The van der Waals surface area contributed by atoms with Crippen molar-refractivity contribution in [1.29, 1.82) is 0 Å². The van der Waals surface area contributed by atoms with Crippen molar-refractivity contribution in [2.45, 2.75) is 32.4 Å². The van der Waals surface area contributed by atoms with Gasteiger partial charge in [0, 0.05) is 24.2 Å². The Labute approximate surface area is 148 Å². The summed E-state index contributed by atoms with van der Waals surface area (Å²) in [4.78, 5) is 9.40. The van der Waals surface area contributed by atoms with Crippen LogP contribution in [0.3, 0.4) is 0 Å². The van der Waals surface area contributed by atoms with Crippen LogP contribution >= 0.6 is 0 Å². The number of hydrogen-bond acceptors (Lipinski definition) is 4. The van der Waals surface area contributed by atoms with Crippen LogP contribution in [-0.4, -0.2) is 16.0 Å². The Morgan fingerprint density at radius 3 is 2.48 bits per heavy atom. The van der Waals surface area contributed by atoms with Gasteiger partial charge in [0.1, 0.15) is 11.6 Å². The molecule has 0 spiro atoms. The maximum absolute atomic E-state index is 4.71. The number of rotatable bonds is 6. The van der Waals surface area contributed by atoms with Gasteiger partial charge >= 0.3 is 0 Å². The molecular formula is C21H22N4. The van der Waals surface area contributed by atoms with E-state index in [1.165, 1.54) is 24.0 Å². The van der Waals surface area contributed by atoms with E-state index in [1.54, 1.807) is 0 Å². The van der Waals surface area contributed by atoms with Crippen LogP contribution in [0.5, 0.6) is 0 Å². The Morgan fingerprint density at radius 2 is 1.72 bits per heavy atom. The quantitative estimate of drug-likeness (QED) is 0.691. The highest BCUT2D eigenvalue weighted by Gasteiger charge is 2.22. The first-order chi connectivity index (χ1) is 12.3. The van der Waals surface area contributed by atoms with Crippen molar-refractivity contribution in [3.63, 3.8) is 0 Å². The molecule has 1 saturated carbocycles. The van der Waals surface area contributed by atoms with Crippen LogP contribution in [0.4, 0.5) is 11.6 Å². The summed E-state index contributed by atoms with van der Waals surface area (Å²) in [6.07, 6.45) is 2.44. The number of hydrogen-bond donors (Lipinski definition) is 2. The molecule has 1 heterocycles. The number of anilines is 2. The van der Waals surface area contributed by atoms with E-state index in [0.717, 1.165) is 29.6 Å². The maximum Gasteiger partial charge on any atom is 0.163 e. The van der Waals surface area contributed by atoms with Crippen molar-refractivity contribution in [3.8, 4) is 11.4 Å². The number of aryl methyl sites for hydroxylation is 1. The van der Waals surface area contributed by atoms with E-state index in [-0.39, 0.29) is 0 Å². The zero-order valence-electron chi connectivity index (χ0n) is 14.4. The van der Waals surface area contributed by atoms with Crippen molar-refractivity contribution in [2.75, 3.05) is 10.6 Å². The van der Waals surface area contributed by atoms with E-state index in [1.807, 2.05) is 36.4 Å². The Kier molecular flexibility index (Phi) is 4.34. The molecule has 25 heavy (non-hydrogen) atoms. The largest absolute Gasteiger partial charge is 0.367 e. The third kappa shape index (κ3) is 4.15. The zero-order valence-corrected chi connectivity index (χ0v) is 14.4. The molecule has 0 unspecified atom stereocenters. The third-order valence-electron chi connectivity index (χ3n) is 4.24. The minimum Gasteiger partial charge on any atom is -0.367 e. The molecule has 1 aliphatic carbocycles. The molecule has 0 aliphatic heterocycles. The second-order valence-electron chi connectivity index (χ2n) is 6.59. The third-order valence-corrected chi connectivity index (χ3v) is 4.24. The maximum atomic E-state index is 4.71. The summed E-state index contributed by atoms with van der Waals surface area (Å²) in [6.45, 7) is 2.86. The standard InChI is InChI=1S/C21H22N4/c1-15-6-5-7-16(12-15)14-22-19-13-20(23-18-10-11-18)25-21(24-19)17-8-3-2-4-9-17/h2-9,12-13,18H,10-11,14H2,1H3,(H2,22,23,24,25). The van der Waals surface area contributed by atoms with Crippen LogP contribution in [0, 0.1) is 6.92 Å². The molecule has 4 rings (SSSR count). The van der Waals surface area contributed by atoms with Crippen LogP contribution in [0.1, 0.15) is 24.0 Å². The highest BCUT2D eigenvalue weighted by molar-refractivity contribution is 5.61. The molecule has 2 N–H and O–H groups in total. The van der Waals surface area contributed by atoms with Gasteiger partial charge in [-0.2, -0.15) is 0 Å². The SMILES string of the molecule is Cc1cccc(CNc2cc(NC3CC3)nc(-c3ccccc3)n2)c1. The second kappa shape index (κ2) is 6.93. The lowest BCUT2D eigenvalue weighted by Crippen LogP contribution is -2.08. The van der Waals surface area contributed by atoms with Crippen molar-refractivity contribution >= 4 is 11.6 Å². The fourth-order valence-electron chi connectivity index (χ4n) is 2.78. The van der Waals surface area contributed by atoms with Gasteiger partial charge in [0.05, 0.1) is 0 Å². The lowest BCUT2D eigenvalue weighted by Gasteiger charge is -2.11. The fraction of sp³-hybridized carbons (Fsp3) is 0.238. The molecule has 0 bridgehead atoms. The summed E-state index contributed by atoms with van der Waals surface area (Å²) in [6, 6.07) is 21.2. The van der Waals surface area contributed by atoms with E-state index < -0.39 is 0 Å². The van der Waals surface area contributed by atoms with Gasteiger partial charge in [0.25, 0.3) is 0 Å². The molecule has 4 heteroatoms. The smallest absolute Gasteiger partial charge is 0.163 e. The predicted octanol–water partition coefficient (Wildman–Crippen LogP) is 4.64. The number of aromatic nitrogens is 2. The highest BCUT2D eigenvalue weighted by atomic mass is 15.1. The minimum absolute atomic E-state index is 0.558. The van der Waals surface area contributed by atoms with Crippen LogP contribution in [0.25, 0.3) is 11.4 Å². The Hall–Kier alpha value is -2.88. The van der Waals surface area contributed by atoms with Crippen molar-refractivity contribution in [3.05, 3.63) is 71.8 Å². The molecule has 2 aromatic carbocycles. The molecule has 0 saturated heterocycles. The van der Waals surface area contributed by atoms with Gasteiger partial charge in [-0.1, -0.05) is 60.2 Å². The van der Waals surface area contributed by atoms with Crippen molar-refractivity contribution < 1.29 is 0 Å². The molecule has 1 aromatic heterocycles. The average Bonchev–Trinajstić information content (AvgIpc) is 3.45. The first kappa shape index (κ1) is 15.6. The predicted molar refractivity (Wildman–Crippen MR) is 103 cm³/mol. The van der Waals surface area contributed by atoms with Gasteiger partial charge in [0.2, 0.25) is 0 Å². The normalized spacial score (nSPS) is 13.5. The zero-order chi connectivity index (χ0) is 17.1. The highest BCUT2D eigenvalue weighted by Crippen LogP contribution is 2.26. The molecular weight excluding hydrogens is 308 g/mol. The van der Waals surface area contributed by atoms with Crippen LogP contribution in [0.2, 0.25) is 0 Å². The van der Waals surface area contributed by atoms with Gasteiger partial charge in [-0.05, 0) is 25.3 Å². The van der Waals surface area contributed by atoms with E-state index in [4.69, 9.17) is 9.97 Å². The van der Waals surface area contributed by atoms with Gasteiger partial charge in [0.15, 0.2) is 5.82 Å². The number of nitrogens with zero attached hydrogens (tertiary/aromatic N) is 2. The lowest BCUT2D eigenvalue weighted by molar-refractivity contribution is 1.06. The minimum atomic E-state index is 0.558. The summed E-state index contributed by atoms with van der Waals surface area (Å²) < 4.78 is 0. The molecule has 1 fully saturated rings. The molecule has 4 nitrogen and oxygen atoms in total. The van der Waals surface area contributed by atoms with Crippen molar-refractivity contribution in [1.82, 2.24) is 9.97 Å². The molecule has 0 amide bonds. The Morgan fingerprint density at radius 1 is 0.920 bits per heavy atom. The summed E-state index contributed by atoms with van der Waals surface area (Å²) in [5.74, 6) is 2.49. The molecule has 0 atom stereocenters. The van der Waals surface area contributed by atoms with Gasteiger partial charge < -0.3 is 10.6 Å². The summed E-state index contributed by atoms with van der Waals surface area (Å²) >= 11 is 0. The first-order valence-electron chi connectivity index (χ1n) is 8.77. The summed E-state index contributed by atoms with van der Waals surface area (Å²) in [5, 5.41) is 6.92. The van der Waals surface area contributed by atoms with E-state index in [0.29, 0.717) is 6.04 Å². The fourth-order valence-corrected chi connectivity index (χ4v) is 2.78. The molecule has 0 radical (unpaired) electrons. The number of nitrogens with one attached hydrogen (secondary N) is 2. The summed E-state index contributed by atoms with van der Waals surface area (Å²) in [5.41, 5.74) is 3.54. The van der Waals surface area contributed by atoms with E-state index in [9.17, 15) is 0 Å². The van der Waals surface area contributed by atoms with Gasteiger partial charge in [-0.15, -0.1) is 0 Å². The average molecular weight is 330 g/mol. The molecule has 1 aliphatic rings. The molecule has 126 valence electrons. The Bertz CT molecular complexity index is 857. The molecule has 3 aromatic rings. The summed E-state index contributed by atoms with van der Waals surface area (Å²) in [7, 11) is 0. The van der Waals surface area contributed by atoms with E-state index in [2.05, 4.69) is 41.8 Å². The second-order valence-corrected chi connectivity index (χ2v) is 6.59. The monoisotopic (exact) mass is 330 g/mol. The van der Waals surface area contributed by atoms with E-state index >= 15 is 0 Å². The van der Waals surface area contributed by atoms with Crippen molar-refractivity contribution in [2.24, 2.45) is 0 Å². The van der Waals surface area contributed by atoms with Crippen LogP contribution in [0.15, 0.2) is 60.7 Å². The van der Waals surface area contributed by atoms with Gasteiger partial charge in [-0.25, -0.2) is 9.97 Å². The lowest BCUT2D eigenvalue weighted by atomic mass is 10.1. The first-order valence-corrected chi connectivity index (χ1v) is 8.77. The topological polar surface area (TPSA) is 49.8 Å². The van der Waals surface area contributed by atoms with Gasteiger partial charge in [-0.3, -0.25) is 0 Å². The number of benzene rings is 2. The Balaban J connectivity index is 1.59. The van der Waals surface area contributed by atoms with Crippen LogP contribution in [-0.2, 0) is 6.54 Å².